The number of carboxylic acid groups (broad SMARTS) is 1. The minimum absolute atomic E-state index is 0.0494. The van der Waals surface area contributed by atoms with E-state index in [1.54, 1.807) is 18.2 Å². The number of carbonyl (C=O) groups excluding carboxylic acids is 2. The highest BCUT2D eigenvalue weighted by Gasteiger charge is 2.56. The molecule has 2 rings (SSSR count). The maximum atomic E-state index is 12.6. The van der Waals surface area contributed by atoms with Crippen molar-refractivity contribution in [2.24, 2.45) is 11.7 Å². The fourth-order valence-electron chi connectivity index (χ4n) is 2.62. The molecule has 1 saturated heterocycles. The second kappa shape index (κ2) is 5.51. The minimum atomic E-state index is -2.04. The first kappa shape index (κ1) is 14.9. The molecule has 2 unspecified atom stereocenters. The quantitative estimate of drug-likeness (QED) is 0.353. The van der Waals surface area contributed by atoms with Crippen LogP contribution in [0.25, 0.3) is 0 Å². The second-order valence-electron chi connectivity index (χ2n) is 4.77. The number of likely N-dealkylation sites (tertiary alicyclic amines) is 1. The van der Waals surface area contributed by atoms with Crippen molar-refractivity contribution in [3.8, 4) is 0 Å². The number of ketones is 1. The smallest absolute Gasteiger partial charge is 0.409 e. The number of nitrogens with zero attached hydrogens (tertiary/aromatic N) is 1. The molecule has 8 heteroatoms. The molecule has 112 valence electrons. The third-order valence-corrected chi connectivity index (χ3v) is 3.68. The Kier molecular flexibility index (Phi) is 3.92. The standard InChI is InChI=1S/C13H15N3O5/c14-13(10(17)8-4-2-1-3-5-8)9(11(18)15-21)6-7-16(13)12(19)20/h1-5,9,21H,6-7,14H2,(H,15,18)(H,19,20). The molecule has 21 heavy (non-hydrogen) atoms. The lowest BCUT2D eigenvalue weighted by Crippen LogP contribution is -2.65. The number of nitrogens with one attached hydrogen (secondary N) is 1. The van der Waals surface area contributed by atoms with Crippen LogP contribution >= 0.6 is 0 Å². The van der Waals surface area contributed by atoms with E-state index in [0.29, 0.717) is 0 Å². The third-order valence-electron chi connectivity index (χ3n) is 3.68. The van der Waals surface area contributed by atoms with Gasteiger partial charge in [-0.05, 0) is 6.42 Å². The van der Waals surface area contributed by atoms with E-state index in [4.69, 9.17) is 10.9 Å². The Morgan fingerprint density at radius 2 is 1.90 bits per heavy atom. The van der Waals surface area contributed by atoms with Gasteiger partial charge in [-0.1, -0.05) is 30.3 Å². The molecular formula is C13H15N3O5. The number of carbonyl (C=O) groups is 3. The fourth-order valence-corrected chi connectivity index (χ4v) is 2.62. The monoisotopic (exact) mass is 293 g/mol. The number of hydrogen-bond acceptors (Lipinski definition) is 5. The summed E-state index contributed by atoms with van der Waals surface area (Å²) in [7, 11) is 0. The van der Waals surface area contributed by atoms with Crippen molar-refractivity contribution in [2.45, 2.75) is 12.1 Å². The van der Waals surface area contributed by atoms with Gasteiger partial charge in [-0.2, -0.15) is 0 Å². The molecule has 0 aliphatic carbocycles. The normalized spacial score (nSPS) is 24.7. The summed E-state index contributed by atoms with van der Waals surface area (Å²) in [5, 5.41) is 18.0. The lowest BCUT2D eigenvalue weighted by atomic mass is 9.86. The number of amides is 2. The number of nitrogens with two attached hydrogens (primary N) is 1. The molecule has 0 saturated carbocycles. The van der Waals surface area contributed by atoms with Crippen molar-refractivity contribution in [3.63, 3.8) is 0 Å². The first-order valence-corrected chi connectivity index (χ1v) is 6.26. The number of hydrogen-bond donors (Lipinski definition) is 4. The van der Waals surface area contributed by atoms with Crippen molar-refractivity contribution in [1.29, 1.82) is 0 Å². The highest BCUT2D eigenvalue weighted by molar-refractivity contribution is 6.07. The molecule has 0 aromatic heterocycles. The Hall–Kier alpha value is -2.45. The summed E-state index contributed by atoms with van der Waals surface area (Å²) in [6.07, 6.45) is -1.34. The lowest BCUT2D eigenvalue weighted by molar-refractivity contribution is -0.135. The molecule has 5 N–H and O–H groups in total. The van der Waals surface area contributed by atoms with Crippen LogP contribution in [-0.4, -0.2) is 45.2 Å². The van der Waals surface area contributed by atoms with E-state index in [-0.39, 0.29) is 18.5 Å². The van der Waals surface area contributed by atoms with E-state index < -0.39 is 29.4 Å². The topological polar surface area (TPSA) is 133 Å². The molecular weight excluding hydrogens is 278 g/mol. The molecule has 1 aromatic rings. The van der Waals surface area contributed by atoms with Crippen LogP contribution in [0.5, 0.6) is 0 Å². The highest BCUT2D eigenvalue weighted by atomic mass is 16.5. The number of rotatable bonds is 3. The van der Waals surface area contributed by atoms with Gasteiger partial charge in [0.15, 0.2) is 5.66 Å². The average molecular weight is 293 g/mol. The van der Waals surface area contributed by atoms with E-state index in [0.717, 1.165) is 4.90 Å². The van der Waals surface area contributed by atoms with Crippen LogP contribution < -0.4 is 11.2 Å². The molecule has 1 aromatic carbocycles. The molecule has 0 spiro atoms. The van der Waals surface area contributed by atoms with E-state index in [2.05, 4.69) is 0 Å². The first-order valence-electron chi connectivity index (χ1n) is 6.26. The Labute approximate surface area is 120 Å². The predicted octanol–water partition coefficient (Wildman–Crippen LogP) is 0.0296. The van der Waals surface area contributed by atoms with Crippen molar-refractivity contribution < 1.29 is 24.7 Å². The molecule has 2 amide bonds. The van der Waals surface area contributed by atoms with Gasteiger partial charge < -0.3 is 10.8 Å². The van der Waals surface area contributed by atoms with Crippen molar-refractivity contribution in [3.05, 3.63) is 35.9 Å². The van der Waals surface area contributed by atoms with Crippen LogP contribution in [-0.2, 0) is 4.79 Å². The van der Waals surface area contributed by atoms with Crippen molar-refractivity contribution >= 4 is 17.8 Å². The van der Waals surface area contributed by atoms with Gasteiger partial charge in [0.1, 0.15) is 0 Å². The van der Waals surface area contributed by atoms with E-state index in [9.17, 15) is 19.5 Å². The Bertz CT molecular complexity index is 576. The summed E-state index contributed by atoms with van der Waals surface area (Å²) in [4.78, 5) is 36.4. The maximum absolute atomic E-state index is 12.6. The molecule has 1 heterocycles. The molecule has 8 nitrogen and oxygen atoms in total. The van der Waals surface area contributed by atoms with E-state index >= 15 is 0 Å². The molecule has 1 fully saturated rings. The largest absolute Gasteiger partial charge is 0.465 e. The number of benzene rings is 1. The molecule has 0 bridgehead atoms. The molecule has 1 aliphatic rings. The third kappa shape index (κ3) is 2.34. The Morgan fingerprint density at radius 3 is 2.43 bits per heavy atom. The summed E-state index contributed by atoms with van der Waals surface area (Å²) >= 11 is 0. The first-order chi connectivity index (χ1) is 9.92. The van der Waals surface area contributed by atoms with E-state index in [1.807, 2.05) is 0 Å². The maximum Gasteiger partial charge on any atom is 0.409 e. The van der Waals surface area contributed by atoms with Gasteiger partial charge in [-0.25, -0.2) is 10.3 Å². The highest BCUT2D eigenvalue weighted by Crippen LogP contribution is 2.34. The van der Waals surface area contributed by atoms with Crippen LogP contribution in [0.3, 0.4) is 0 Å². The van der Waals surface area contributed by atoms with Gasteiger partial charge in [0.05, 0.1) is 5.92 Å². The molecule has 0 radical (unpaired) electrons. The SMILES string of the molecule is NC1(C(=O)c2ccccc2)C(C(=O)NO)CCN1C(=O)O. The average Bonchev–Trinajstić information content (AvgIpc) is 2.85. The summed E-state index contributed by atoms with van der Waals surface area (Å²) in [6.45, 7) is -0.0670. The summed E-state index contributed by atoms with van der Waals surface area (Å²) in [5.74, 6) is -2.73. The molecule has 1 aliphatic heterocycles. The van der Waals surface area contributed by atoms with Gasteiger partial charge in [0.2, 0.25) is 5.78 Å². The predicted molar refractivity (Wildman–Crippen MR) is 70.5 cm³/mol. The number of Topliss-reactive ketones (excluding diaryl/α,β-unsaturated/α-hetero) is 1. The van der Waals surface area contributed by atoms with E-state index in [1.165, 1.54) is 17.6 Å². The lowest BCUT2D eigenvalue weighted by Gasteiger charge is -2.34. The van der Waals surface area contributed by atoms with Gasteiger partial charge in [0.25, 0.3) is 5.91 Å². The van der Waals surface area contributed by atoms with Crippen LogP contribution in [0.2, 0.25) is 0 Å². The van der Waals surface area contributed by atoms with Gasteiger partial charge in [-0.15, -0.1) is 0 Å². The summed E-state index contributed by atoms with van der Waals surface area (Å²) in [5.41, 5.74) is 5.62. The van der Waals surface area contributed by atoms with Gasteiger partial charge >= 0.3 is 6.09 Å². The zero-order valence-electron chi connectivity index (χ0n) is 11.0. The van der Waals surface area contributed by atoms with Gasteiger partial charge in [0, 0.05) is 12.1 Å². The van der Waals surface area contributed by atoms with Gasteiger partial charge in [-0.3, -0.25) is 19.7 Å². The Balaban J connectivity index is 2.47. The minimum Gasteiger partial charge on any atom is -0.465 e. The summed E-state index contributed by atoms with van der Waals surface area (Å²) < 4.78 is 0. The van der Waals surface area contributed by atoms with Crippen LogP contribution in [0.1, 0.15) is 16.8 Å². The summed E-state index contributed by atoms with van der Waals surface area (Å²) in [6, 6.07) is 7.89. The fraction of sp³-hybridized carbons (Fsp3) is 0.308. The Morgan fingerprint density at radius 1 is 1.29 bits per heavy atom. The molecule has 2 atom stereocenters. The second-order valence-corrected chi connectivity index (χ2v) is 4.77. The van der Waals surface area contributed by atoms with Crippen molar-refractivity contribution in [1.82, 2.24) is 10.4 Å². The van der Waals surface area contributed by atoms with Crippen LogP contribution in [0.4, 0.5) is 4.79 Å². The zero-order chi connectivity index (χ0) is 15.6. The van der Waals surface area contributed by atoms with Crippen molar-refractivity contribution in [2.75, 3.05) is 6.54 Å². The van der Waals surface area contributed by atoms with Crippen LogP contribution in [0.15, 0.2) is 30.3 Å². The number of hydroxylamine groups is 1. The van der Waals surface area contributed by atoms with Crippen LogP contribution in [0, 0.1) is 5.92 Å². The zero-order valence-corrected chi connectivity index (χ0v) is 11.0.